The molecular formula is C19H19F3N2O4S. The van der Waals surface area contributed by atoms with Crippen molar-refractivity contribution < 1.29 is 31.1 Å². The molecule has 1 N–H and O–H groups in total. The van der Waals surface area contributed by atoms with Crippen molar-refractivity contribution in [2.45, 2.75) is 32.3 Å². The number of fused-ring (bicyclic) bond motifs is 1. The molecule has 3 rings (SSSR count). The second kappa shape index (κ2) is 8.03. The van der Waals surface area contributed by atoms with E-state index < -0.39 is 34.1 Å². The van der Waals surface area contributed by atoms with E-state index in [2.05, 4.69) is 10.1 Å². The van der Waals surface area contributed by atoms with E-state index in [1.807, 2.05) is 18.2 Å². The zero-order chi connectivity index (χ0) is 21.2. The number of hydrogen-bond donors (Lipinski definition) is 1. The van der Waals surface area contributed by atoms with Crippen molar-refractivity contribution >= 4 is 21.6 Å². The number of nitrogens with zero attached hydrogens (tertiary/aromatic N) is 1. The van der Waals surface area contributed by atoms with Gasteiger partial charge in [0.2, 0.25) is 15.9 Å². The quantitative estimate of drug-likeness (QED) is 0.793. The molecule has 0 spiro atoms. The summed E-state index contributed by atoms with van der Waals surface area (Å²) < 4.78 is 66.8. The minimum absolute atomic E-state index is 0.0861. The number of ether oxygens (including phenoxy) is 1. The smallest absolute Gasteiger partial charge is 0.406 e. The van der Waals surface area contributed by atoms with Gasteiger partial charge in [-0.15, -0.1) is 13.2 Å². The molecule has 0 aliphatic carbocycles. The van der Waals surface area contributed by atoms with Gasteiger partial charge in [-0.05, 0) is 48.7 Å². The largest absolute Gasteiger partial charge is 0.573 e. The molecule has 0 radical (unpaired) electrons. The van der Waals surface area contributed by atoms with Crippen LogP contribution in [0.3, 0.4) is 0 Å². The number of sulfonamides is 1. The Balaban J connectivity index is 1.80. The number of alkyl halides is 3. The molecule has 1 atom stereocenters. The number of nitrogens with one attached hydrogen (secondary N) is 1. The summed E-state index contributed by atoms with van der Waals surface area (Å²) in [6.07, 6.45) is -4.61. The molecule has 0 unspecified atom stereocenters. The van der Waals surface area contributed by atoms with Crippen LogP contribution in [-0.2, 0) is 27.8 Å². The van der Waals surface area contributed by atoms with E-state index in [-0.39, 0.29) is 24.4 Å². The fraction of sp³-hybridized carbons (Fsp3) is 0.316. The number of carbonyl (C=O) groups is 1. The van der Waals surface area contributed by atoms with Crippen LogP contribution in [0.25, 0.3) is 0 Å². The summed E-state index contributed by atoms with van der Waals surface area (Å²) in [7, 11) is -3.65. The molecule has 0 fully saturated rings. The van der Waals surface area contributed by atoms with E-state index in [9.17, 15) is 26.4 Å². The van der Waals surface area contributed by atoms with Gasteiger partial charge in [0, 0.05) is 12.2 Å². The Bertz CT molecular complexity index is 991. The van der Waals surface area contributed by atoms with Gasteiger partial charge in [-0.1, -0.05) is 24.3 Å². The number of rotatable bonds is 5. The van der Waals surface area contributed by atoms with Crippen molar-refractivity contribution in [1.29, 1.82) is 0 Å². The summed E-state index contributed by atoms with van der Waals surface area (Å²) in [5.41, 5.74) is 1.95. The summed E-state index contributed by atoms with van der Waals surface area (Å²) in [6, 6.07) is 11.0. The lowest BCUT2D eigenvalue weighted by atomic mass is 9.95. The van der Waals surface area contributed by atoms with Gasteiger partial charge < -0.3 is 10.1 Å². The molecule has 10 heteroatoms. The van der Waals surface area contributed by atoms with Crippen LogP contribution in [0.4, 0.5) is 18.9 Å². The van der Waals surface area contributed by atoms with Crippen molar-refractivity contribution in [3.63, 3.8) is 0 Å². The molecule has 6 nitrogen and oxygen atoms in total. The average molecular weight is 428 g/mol. The van der Waals surface area contributed by atoms with E-state index in [0.29, 0.717) is 0 Å². The average Bonchev–Trinajstić information content (AvgIpc) is 2.67. The van der Waals surface area contributed by atoms with Crippen molar-refractivity contribution in [2.75, 3.05) is 11.1 Å². The van der Waals surface area contributed by atoms with Gasteiger partial charge in [-0.25, -0.2) is 8.42 Å². The first kappa shape index (κ1) is 21.1. The number of hydrogen-bond acceptors (Lipinski definition) is 4. The van der Waals surface area contributed by atoms with Crippen LogP contribution in [0.15, 0.2) is 48.5 Å². The van der Waals surface area contributed by atoms with E-state index >= 15 is 0 Å². The summed E-state index contributed by atoms with van der Waals surface area (Å²) in [4.78, 5) is 12.8. The van der Waals surface area contributed by atoms with E-state index in [1.54, 1.807) is 6.07 Å². The van der Waals surface area contributed by atoms with Gasteiger partial charge in [0.05, 0.1) is 5.75 Å². The fourth-order valence-corrected chi connectivity index (χ4v) is 4.37. The van der Waals surface area contributed by atoms with Gasteiger partial charge >= 0.3 is 6.36 Å². The predicted molar refractivity (Wildman–Crippen MR) is 101 cm³/mol. The van der Waals surface area contributed by atoms with Crippen LogP contribution in [0.2, 0.25) is 0 Å². The highest BCUT2D eigenvalue weighted by atomic mass is 32.2. The van der Waals surface area contributed by atoms with Gasteiger partial charge in [-0.2, -0.15) is 4.31 Å². The SMILES string of the molecule is CCS(=O)(=O)N1Cc2ccccc2C[C@H]1C(=O)Nc1ccc(OC(F)(F)F)cc1. The van der Waals surface area contributed by atoms with E-state index in [1.165, 1.54) is 23.4 Å². The Labute approximate surface area is 166 Å². The minimum Gasteiger partial charge on any atom is -0.406 e. The lowest BCUT2D eigenvalue weighted by Crippen LogP contribution is -2.51. The minimum atomic E-state index is -4.81. The molecule has 0 saturated heterocycles. The predicted octanol–water partition coefficient (Wildman–Crippen LogP) is 3.30. The zero-order valence-electron chi connectivity index (χ0n) is 15.4. The highest BCUT2D eigenvalue weighted by Gasteiger charge is 2.38. The highest BCUT2D eigenvalue weighted by molar-refractivity contribution is 7.89. The first-order valence-electron chi connectivity index (χ1n) is 8.82. The third kappa shape index (κ3) is 5.07. The number of anilines is 1. The lowest BCUT2D eigenvalue weighted by Gasteiger charge is -2.34. The lowest BCUT2D eigenvalue weighted by molar-refractivity contribution is -0.274. The van der Waals surface area contributed by atoms with Crippen molar-refractivity contribution in [3.05, 3.63) is 59.7 Å². The number of benzene rings is 2. The second-order valence-electron chi connectivity index (χ2n) is 6.50. The first-order valence-corrected chi connectivity index (χ1v) is 10.4. The van der Waals surface area contributed by atoms with Gasteiger partial charge in [-0.3, -0.25) is 4.79 Å². The number of amides is 1. The molecule has 2 aromatic carbocycles. The Morgan fingerprint density at radius 2 is 1.76 bits per heavy atom. The Morgan fingerprint density at radius 3 is 2.34 bits per heavy atom. The van der Waals surface area contributed by atoms with Gasteiger partial charge in [0.1, 0.15) is 11.8 Å². The molecule has 0 aromatic heterocycles. The third-order valence-corrected chi connectivity index (χ3v) is 6.41. The van der Waals surface area contributed by atoms with Crippen LogP contribution >= 0.6 is 0 Å². The molecule has 1 amide bonds. The maximum Gasteiger partial charge on any atom is 0.573 e. The molecule has 0 bridgehead atoms. The van der Waals surface area contributed by atoms with E-state index in [0.717, 1.165) is 23.3 Å². The topological polar surface area (TPSA) is 75.7 Å². The molecular weight excluding hydrogens is 409 g/mol. The Hall–Kier alpha value is -2.59. The number of halogens is 3. The summed E-state index contributed by atoms with van der Waals surface area (Å²) >= 11 is 0. The van der Waals surface area contributed by atoms with Gasteiger partial charge in [0.25, 0.3) is 0 Å². The van der Waals surface area contributed by atoms with Crippen molar-refractivity contribution in [2.24, 2.45) is 0 Å². The van der Waals surface area contributed by atoms with Crippen LogP contribution in [0.1, 0.15) is 18.1 Å². The van der Waals surface area contributed by atoms with Crippen LogP contribution in [0.5, 0.6) is 5.75 Å². The summed E-state index contributed by atoms with van der Waals surface area (Å²) in [5, 5.41) is 2.58. The van der Waals surface area contributed by atoms with E-state index in [4.69, 9.17) is 0 Å². The molecule has 2 aromatic rings. The standard InChI is InChI=1S/C19H19F3N2O4S/c1-2-29(26,27)24-12-14-6-4-3-5-13(14)11-17(24)18(25)23-15-7-9-16(10-8-15)28-19(20,21)22/h3-10,17H,2,11-12H2,1H3,(H,23,25)/t17-/m0/s1. The summed E-state index contributed by atoms with van der Waals surface area (Å²) in [5.74, 6) is -1.12. The van der Waals surface area contributed by atoms with Crippen LogP contribution in [-0.4, -0.2) is 36.8 Å². The second-order valence-corrected chi connectivity index (χ2v) is 8.71. The highest BCUT2D eigenvalue weighted by Crippen LogP contribution is 2.28. The molecule has 1 aliphatic heterocycles. The van der Waals surface area contributed by atoms with Crippen molar-refractivity contribution in [1.82, 2.24) is 4.31 Å². The number of carbonyl (C=O) groups excluding carboxylic acids is 1. The first-order chi connectivity index (χ1) is 13.6. The Kier molecular flexibility index (Phi) is 5.85. The summed E-state index contributed by atoms with van der Waals surface area (Å²) in [6.45, 7) is 1.59. The van der Waals surface area contributed by atoms with Gasteiger partial charge in [0.15, 0.2) is 0 Å². The molecule has 1 aliphatic rings. The Morgan fingerprint density at radius 1 is 1.14 bits per heavy atom. The normalized spacial score (nSPS) is 17.4. The zero-order valence-corrected chi connectivity index (χ0v) is 16.3. The third-order valence-electron chi connectivity index (χ3n) is 4.59. The van der Waals surface area contributed by atoms with Crippen LogP contribution in [0, 0.1) is 0 Å². The molecule has 0 saturated carbocycles. The van der Waals surface area contributed by atoms with Crippen molar-refractivity contribution in [3.8, 4) is 5.75 Å². The fourth-order valence-electron chi connectivity index (χ4n) is 3.15. The maximum absolute atomic E-state index is 12.8. The molecule has 1 heterocycles. The molecule has 29 heavy (non-hydrogen) atoms. The maximum atomic E-state index is 12.8. The molecule has 156 valence electrons. The monoisotopic (exact) mass is 428 g/mol. The van der Waals surface area contributed by atoms with Crippen LogP contribution < -0.4 is 10.1 Å².